The van der Waals surface area contributed by atoms with Gasteiger partial charge in [-0.1, -0.05) is 6.07 Å². The van der Waals surface area contributed by atoms with E-state index in [9.17, 15) is 18.8 Å². The SMILES string of the molecule is COC(=O)[C@@]1(CCSC)N[C@H](c2ccc(OC)cc2OC)[C@@H]2C(=O)N(c3ccc(F)cc3)C(=O)[C@H]21. The third-order valence-corrected chi connectivity index (χ3v) is 7.38. The van der Waals surface area contributed by atoms with Gasteiger partial charge in [0.1, 0.15) is 22.9 Å². The number of thioether (sulfide) groups is 1. The monoisotopic (exact) mass is 502 g/mol. The second-order valence-corrected chi connectivity index (χ2v) is 9.41. The van der Waals surface area contributed by atoms with Crippen molar-refractivity contribution in [3.63, 3.8) is 0 Å². The number of hydrogen-bond donors (Lipinski definition) is 1. The first-order chi connectivity index (χ1) is 16.8. The van der Waals surface area contributed by atoms with E-state index in [2.05, 4.69) is 5.32 Å². The molecule has 0 aromatic heterocycles. The Morgan fingerprint density at radius 2 is 1.80 bits per heavy atom. The maximum Gasteiger partial charge on any atom is 0.326 e. The maximum atomic E-state index is 13.8. The fraction of sp³-hybridized carbons (Fsp3) is 0.400. The second kappa shape index (κ2) is 9.87. The minimum atomic E-state index is -1.43. The third-order valence-electron chi connectivity index (χ3n) is 6.76. The van der Waals surface area contributed by atoms with E-state index in [1.54, 1.807) is 18.2 Å². The van der Waals surface area contributed by atoms with Gasteiger partial charge >= 0.3 is 5.97 Å². The molecule has 4 atom stereocenters. The van der Waals surface area contributed by atoms with Crippen molar-refractivity contribution in [3.8, 4) is 11.5 Å². The fourth-order valence-electron chi connectivity index (χ4n) is 5.15. The number of nitrogens with one attached hydrogen (secondary N) is 1. The Morgan fingerprint density at radius 3 is 2.40 bits per heavy atom. The van der Waals surface area contributed by atoms with Crippen LogP contribution in [0, 0.1) is 17.7 Å². The Hall–Kier alpha value is -3.11. The number of hydrogen-bond acceptors (Lipinski definition) is 8. The van der Waals surface area contributed by atoms with Gasteiger partial charge in [0.2, 0.25) is 11.8 Å². The molecule has 1 N–H and O–H groups in total. The Bertz CT molecular complexity index is 1140. The van der Waals surface area contributed by atoms with Crippen LogP contribution in [0.25, 0.3) is 0 Å². The van der Waals surface area contributed by atoms with Gasteiger partial charge in [-0.25, -0.2) is 9.29 Å². The number of fused-ring (bicyclic) bond motifs is 1. The number of esters is 1. The highest BCUT2D eigenvalue weighted by Gasteiger charge is 2.69. The van der Waals surface area contributed by atoms with Crippen molar-refractivity contribution in [2.45, 2.75) is 18.0 Å². The molecule has 0 saturated carbocycles. The number of ether oxygens (including phenoxy) is 3. The van der Waals surface area contributed by atoms with Crippen molar-refractivity contribution in [2.75, 3.05) is 38.2 Å². The van der Waals surface area contributed by atoms with Crippen LogP contribution < -0.4 is 19.7 Å². The zero-order valence-corrected chi connectivity index (χ0v) is 20.7. The van der Waals surface area contributed by atoms with Gasteiger partial charge < -0.3 is 14.2 Å². The highest BCUT2D eigenvalue weighted by Crippen LogP contribution is 2.53. The summed E-state index contributed by atoms with van der Waals surface area (Å²) in [5.41, 5.74) is -0.570. The molecule has 4 rings (SSSR count). The lowest BCUT2D eigenvalue weighted by Crippen LogP contribution is -2.56. The largest absolute Gasteiger partial charge is 0.497 e. The van der Waals surface area contributed by atoms with Crippen LogP contribution in [0.5, 0.6) is 11.5 Å². The topological polar surface area (TPSA) is 94.2 Å². The normalized spacial score (nSPS) is 25.5. The predicted octanol–water partition coefficient (Wildman–Crippen LogP) is 2.96. The van der Waals surface area contributed by atoms with Crippen LogP contribution in [0.4, 0.5) is 10.1 Å². The van der Waals surface area contributed by atoms with Gasteiger partial charge in [-0.05, 0) is 48.8 Å². The molecule has 0 spiro atoms. The zero-order chi connectivity index (χ0) is 25.3. The molecule has 2 aromatic rings. The molecule has 2 heterocycles. The molecule has 0 unspecified atom stereocenters. The molecule has 2 aromatic carbocycles. The Morgan fingerprint density at radius 1 is 1.09 bits per heavy atom. The molecular formula is C25H27FN2O6S. The summed E-state index contributed by atoms with van der Waals surface area (Å²) in [6, 6.07) is 9.59. The lowest BCUT2D eigenvalue weighted by molar-refractivity contribution is -0.152. The Balaban J connectivity index is 1.88. The number of rotatable bonds is 8. The van der Waals surface area contributed by atoms with E-state index >= 15 is 0 Å². The van der Waals surface area contributed by atoms with Gasteiger partial charge in [0.15, 0.2) is 0 Å². The minimum Gasteiger partial charge on any atom is -0.497 e. The van der Waals surface area contributed by atoms with Crippen molar-refractivity contribution >= 4 is 35.2 Å². The summed E-state index contributed by atoms with van der Waals surface area (Å²) >= 11 is 1.52. The maximum absolute atomic E-state index is 13.8. The van der Waals surface area contributed by atoms with Crippen LogP contribution in [0.3, 0.4) is 0 Å². The quantitative estimate of drug-likeness (QED) is 0.435. The Kier molecular flexibility index (Phi) is 7.05. The first-order valence-corrected chi connectivity index (χ1v) is 12.4. The van der Waals surface area contributed by atoms with E-state index in [4.69, 9.17) is 14.2 Å². The molecule has 0 radical (unpaired) electrons. The van der Waals surface area contributed by atoms with E-state index in [0.717, 1.165) is 4.90 Å². The van der Waals surface area contributed by atoms with Gasteiger partial charge in [0, 0.05) is 17.7 Å². The lowest BCUT2D eigenvalue weighted by Gasteiger charge is -2.32. The van der Waals surface area contributed by atoms with Crippen LogP contribution in [0.1, 0.15) is 18.0 Å². The van der Waals surface area contributed by atoms with Crippen LogP contribution >= 0.6 is 11.8 Å². The van der Waals surface area contributed by atoms with E-state index in [-0.39, 0.29) is 12.1 Å². The van der Waals surface area contributed by atoms with Crippen LogP contribution in [0.2, 0.25) is 0 Å². The molecule has 35 heavy (non-hydrogen) atoms. The molecule has 2 fully saturated rings. The van der Waals surface area contributed by atoms with Crippen LogP contribution in [-0.2, 0) is 19.1 Å². The van der Waals surface area contributed by atoms with Crippen molar-refractivity contribution in [2.24, 2.45) is 11.8 Å². The van der Waals surface area contributed by atoms with Gasteiger partial charge in [-0.15, -0.1) is 0 Å². The van der Waals surface area contributed by atoms with Gasteiger partial charge in [-0.2, -0.15) is 11.8 Å². The molecule has 0 bridgehead atoms. The average Bonchev–Trinajstić information content (AvgIpc) is 3.36. The molecule has 8 nitrogen and oxygen atoms in total. The van der Waals surface area contributed by atoms with Crippen LogP contribution in [-0.4, -0.2) is 56.7 Å². The van der Waals surface area contributed by atoms with Crippen molar-refractivity contribution in [1.82, 2.24) is 5.32 Å². The number of halogens is 1. The zero-order valence-electron chi connectivity index (χ0n) is 19.9. The van der Waals surface area contributed by atoms with Gasteiger partial charge in [0.25, 0.3) is 0 Å². The number of anilines is 1. The van der Waals surface area contributed by atoms with Crippen molar-refractivity contribution in [1.29, 1.82) is 0 Å². The molecule has 2 aliphatic heterocycles. The molecule has 0 aliphatic carbocycles. The van der Waals surface area contributed by atoms with Crippen molar-refractivity contribution < 1.29 is 33.0 Å². The summed E-state index contributed by atoms with van der Waals surface area (Å²) in [5, 5.41) is 3.33. The molecule has 186 valence electrons. The summed E-state index contributed by atoms with van der Waals surface area (Å²) in [4.78, 5) is 42.0. The third kappa shape index (κ3) is 4.04. The average molecular weight is 503 g/mol. The fourth-order valence-corrected chi connectivity index (χ4v) is 5.68. The Labute approximate surface area is 207 Å². The highest BCUT2D eigenvalue weighted by atomic mass is 32.2. The van der Waals surface area contributed by atoms with E-state index in [0.29, 0.717) is 22.8 Å². The minimum absolute atomic E-state index is 0.250. The second-order valence-electron chi connectivity index (χ2n) is 8.43. The number of imide groups is 1. The lowest BCUT2D eigenvalue weighted by atomic mass is 9.77. The molecule has 2 aliphatic rings. The summed E-state index contributed by atoms with van der Waals surface area (Å²) in [6.07, 6.45) is 2.17. The van der Waals surface area contributed by atoms with E-state index in [1.807, 2.05) is 6.26 Å². The number of benzene rings is 2. The standard InChI is InChI=1S/C25H27FN2O6S/c1-32-16-9-10-17(18(13-16)33-2)21-19-20(25(27-21,11-12-35-4)24(31)34-3)23(30)28(22(19)29)15-7-5-14(26)6-8-15/h5-10,13,19-21,27H,11-12H2,1-4H3/t19-,20+,21-,25+/m1/s1. The predicted molar refractivity (Wildman–Crippen MR) is 129 cm³/mol. The van der Waals surface area contributed by atoms with Gasteiger partial charge in [-0.3, -0.25) is 19.7 Å². The number of amides is 2. The summed E-state index contributed by atoms with van der Waals surface area (Å²) in [6.45, 7) is 0. The molecular weight excluding hydrogens is 475 g/mol. The summed E-state index contributed by atoms with van der Waals surface area (Å²) in [7, 11) is 4.29. The van der Waals surface area contributed by atoms with E-state index < -0.39 is 47.0 Å². The van der Waals surface area contributed by atoms with Crippen molar-refractivity contribution in [3.05, 3.63) is 53.8 Å². The summed E-state index contributed by atoms with van der Waals surface area (Å²) in [5.74, 6) is -2.46. The number of carbonyl (C=O) groups excluding carboxylic acids is 3. The number of nitrogens with zero attached hydrogens (tertiary/aromatic N) is 1. The number of methoxy groups -OCH3 is 3. The summed E-state index contributed by atoms with van der Waals surface area (Å²) < 4.78 is 29.6. The molecule has 2 saturated heterocycles. The van der Waals surface area contributed by atoms with Gasteiger partial charge in [0.05, 0.1) is 38.9 Å². The number of carbonyl (C=O) groups is 3. The van der Waals surface area contributed by atoms with E-state index in [1.165, 1.54) is 57.4 Å². The highest BCUT2D eigenvalue weighted by molar-refractivity contribution is 7.98. The molecule has 10 heteroatoms. The molecule has 2 amide bonds. The van der Waals surface area contributed by atoms with Crippen LogP contribution in [0.15, 0.2) is 42.5 Å². The smallest absolute Gasteiger partial charge is 0.326 e. The first kappa shape index (κ1) is 25.0. The first-order valence-electron chi connectivity index (χ1n) is 11.0.